The van der Waals surface area contributed by atoms with Gasteiger partial charge in [0, 0.05) is 37.5 Å². The number of anilines is 1. The van der Waals surface area contributed by atoms with Gasteiger partial charge in [-0.05, 0) is 24.1 Å². The monoisotopic (exact) mass is 400 g/mol. The zero-order chi connectivity index (χ0) is 20.6. The van der Waals surface area contributed by atoms with Crippen molar-refractivity contribution in [2.45, 2.75) is 45.4 Å². The highest BCUT2D eigenvalue weighted by Crippen LogP contribution is 2.14. The van der Waals surface area contributed by atoms with Gasteiger partial charge in [0.05, 0.1) is 19.6 Å². The van der Waals surface area contributed by atoms with Gasteiger partial charge in [0.2, 0.25) is 17.7 Å². The number of hydrogen-bond acceptors (Lipinski definition) is 6. The molecule has 1 aliphatic heterocycles. The van der Waals surface area contributed by atoms with E-state index in [4.69, 9.17) is 9.26 Å². The second-order valence-electron chi connectivity index (χ2n) is 7.47. The summed E-state index contributed by atoms with van der Waals surface area (Å²) in [6.07, 6.45) is 1.95. The fraction of sp³-hybridized carbons (Fsp3) is 0.524. The third kappa shape index (κ3) is 6.39. The van der Waals surface area contributed by atoms with Crippen molar-refractivity contribution in [1.29, 1.82) is 0 Å². The number of aromatic nitrogens is 2. The van der Waals surface area contributed by atoms with Crippen molar-refractivity contribution < 1.29 is 18.8 Å². The Hall–Kier alpha value is -2.74. The van der Waals surface area contributed by atoms with Gasteiger partial charge in [-0.2, -0.15) is 4.98 Å². The summed E-state index contributed by atoms with van der Waals surface area (Å²) >= 11 is 0. The average molecular weight is 400 g/mol. The summed E-state index contributed by atoms with van der Waals surface area (Å²) < 4.78 is 10.5. The molecule has 0 bridgehead atoms. The maximum Gasteiger partial charge on any atom is 0.227 e. The van der Waals surface area contributed by atoms with Crippen LogP contribution in [0, 0.1) is 0 Å². The van der Waals surface area contributed by atoms with E-state index < -0.39 is 0 Å². The lowest BCUT2D eigenvalue weighted by atomic mass is 10.1. The van der Waals surface area contributed by atoms with E-state index in [2.05, 4.69) is 15.5 Å². The number of nitrogens with one attached hydrogen (secondary N) is 1. The first-order valence-electron chi connectivity index (χ1n) is 10.1. The molecule has 1 aromatic carbocycles. The normalized spacial score (nSPS) is 14.2. The van der Waals surface area contributed by atoms with Crippen LogP contribution < -0.4 is 5.32 Å². The molecule has 1 saturated heterocycles. The number of morpholine rings is 1. The molecule has 0 aliphatic carbocycles. The number of nitrogens with zero attached hydrogens (tertiary/aromatic N) is 3. The van der Waals surface area contributed by atoms with Crippen LogP contribution in [0.15, 0.2) is 28.8 Å². The van der Waals surface area contributed by atoms with E-state index in [1.807, 2.05) is 43.0 Å². The molecule has 1 aliphatic rings. The van der Waals surface area contributed by atoms with Crippen molar-refractivity contribution in [3.05, 3.63) is 41.5 Å². The standard InChI is InChI=1S/C21H28N4O4/c1-15(2)21-23-19(29-24-21)5-3-4-18(26)22-17-8-6-16(7-9-17)14-20(27)25-10-12-28-13-11-25/h6-9,15H,3-5,10-14H2,1-2H3,(H,22,26). The molecule has 2 amide bonds. The van der Waals surface area contributed by atoms with Crippen LogP contribution in [0.25, 0.3) is 0 Å². The van der Waals surface area contributed by atoms with Crippen LogP contribution in [0.5, 0.6) is 0 Å². The summed E-state index contributed by atoms with van der Waals surface area (Å²) in [5.41, 5.74) is 1.65. The minimum absolute atomic E-state index is 0.0641. The first kappa shape index (κ1) is 21.0. The van der Waals surface area contributed by atoms with E-state index in [1.54, 1.807) is 0 Å². The number of carbonyl (C=O) groups is 2. The van der Waals surface area contributed by atoms with Gasteiger partial charge in [0.1, 0.15) is 0 Å². The Morgan fingerprint density at radius 1 is 1.17 bits per heavy atom. The third-order valence-corrected chi connectivity index (χ3v) is 4.75. The lowest BCUT2D eigenvalue weighted by molar-refractivity contribution is -0.134. The molecular weight excluding hydrogens is 372 g/mol. The van der Waals surface area contributed by atoms with Gasteiger partial charge in [-0.3, -0.25) is 9.59 Å². The molecule has 3 rings (SSSR count). The number of ether oxygens (including phenoxy) is 1. The van der Waals surface area contributed by atoms with Crippen LogP contribution >= 0.6 is 0 Å². The van der Waals surface area contributed by atoms with Gasteiger partial charge in [0.15, 0.2) is 5.82 Å². The molecule has 8 nitrogen and oxygen atoms in total. The Morgan fingerprint density at radius 3 is 2.55 bits per heavy atom. The largest absolute Gasteiger partial charge is 0.378 e. The zero-order valence-corrected chi connectivity index (χ0v) is 17.0. The molecule has 8 heteroatoms. The molecule has 29 heavy (non-hydrogen) atoms. The number of hydrogen-bond donors (Lipinski definition) is 1. The fourth-order valence-corrected chi connectivity index (χ4v) is 3.03. The molecule has 1 fully saturated rings. The van der Waals surface area contributed by atoms with Crippen LogP contribution in [0.1, 0.15) is 49.9 Å². The van der Waals surface area contributed by atoms with Crippen LogP contribution in [-0.4, -0.2) is 53.2 Å². The highest BCUT2D eigenvalue weighted by Gasteiger charge is 2.17. The van der Waals surface area contributed by atoms with Gasteiger partial charge >= 0.3 is 0 Å². The molecule has 2 aromatic rings. The summed E-state index contributed by atoms with van der Waals surface area (Å²) in [7, 11) is 0. The van der Waals surface area contributed by atoms with Crippen molar-refractivity contribution in [2.75, 3.05) is 31.6 Å². The molecule has 1 N–H and O–H groups in total. The topological polar surface area (TPSA) is 97.6 Å². The molecule has 156 valence electrons. The van der Waals surface area contributed by atoms with Crippen LogP contribution in [0.4, 0.5) is 5.69 Å². The Bertz CT molecular complexity index is 810. The Morgan fingerprint density at radius 2 is 1.90 bits per heavy atom. The molecule has 2 heterocycles. The van der Waals surface area contributed by atoms with E-state index in [9.17, 15) is 9.59 Å². The van der Waals surface area contributed by atoms with Gasteiger partial charge in [-0.15, -0.1) is 0 Å². The maximum absolute atomic E-state index is 12.3. The summed E-state index contributed by atoms with van der Waals surface area (Å²) in [6.45, 7) is 6.51. The third-order valence-electron chi connectivity index (χ3n) is 4.75. The number of carbonyl (C=O) groups excluding carboxylic acids is 2. The van der Waals surface area contributed by atoms with Gasteiger partial charge in [-0.1, -0.05) is 31.1 Å². The molecular formula is C21H28N4O4. The van der Waals surface area contributed by atoms with E-state index >= 15 is 0 Å². The SMILES string of the molecule is CC(C)c1noc(CCCC(=O)Nc2ccc(CC(=O)N3CCOCC3)cc2)n1. The van der Waals surface area contributed by atoms with Crippen LogP contribution in [0.2, 0.25) is 0 Å². The number of benzene rings is 1. The Kier molecular flexibility index (Phi) is 7.35. The second-order valence-corrected chi connectivity index (χ2v) is 7.47. The minimum Gasteiger partial charge on any atom is -0.378 e. The predicted molar refractivity (Wildman–Crippen MR) is 107 cm³/mol. The minimum atomic E-state index is -0.0641. The lowest BCUT2D eigenvalue weighted by Crippen LogP contribution is -2.41. The maximum atomic E-state index is 12.3. The van der Waals surface area contributed by atoms with Crippen molar-refractivity contribution >= 4 is 17.5 Å². The van der Waals surface area contributed by atoms with Crippen molar-refractivity contribution in [1.82, 2.24) is 15.0 Å². The zero-order valence-electron chi connectivity index (χ0n) is 17.0. The Balaban J connectivity index is 1.40. The van der Waals surface area contributed by atoms with Crippen LogP contribution in [0.3, 0.4) is 0 Å². The lowest BCUT2D eigenvalue weighted by Gasteiger charge is -2.26. The van der Waals surface area contributed by atoms with Gasteiger partial charge in [0.25, 0.3) is 0 Å². The second kappa shape index (κ2) is 10.2. The molecule has 0 spiro atoms. The van der Waals surface area contributed by atoms with E-state index in [0.29, 0.717) is 63.7 Å². The van der Waals surface area contributed by atoms with Crippen molar-refractivity contribution in [2.24, 2.45) is 0 Å². The predicted octanol–water partition coefficient (Wildman–Crippen LogP) is 2.56. The molecule has 0 saturated carbocycles. The number of amides is 2. The average Bonchev–Trinajstić information content (AvgIpc) is 3.19. The summed E-state index contributed by atoms with van der Waals surface area (Å²) in [5.74, 6) is 1.52. The van der Waals surface area contributed by atoms with Crippen LogP contribution in [-0.2, 0) is 27.2 Å². The summed E-state index contributed by atoms with van der Waals surface area (Å²) in [6, 6.07) is 7.40. The van der Waals surface area contributed by atoms with Gasteiger partial charge < -0.3 is 19.5 Å². The van der Waals surface area contributed by atoms with E-state index in [-0.39, 0.29) is 17.7 Å². The highest BCUT2D eigenvalue weighted by molar-refractivity contribution is 5.90. The summed E-state index contributed by atoms with van der Waals surface area (Å²) in [4.78, 5) is 30.6. The first-order chi connectivity index (χ1) is 14.0. The Labute approximate surface area is 170 Å². The first-order valence-corrected chi connectivity index (χ1v) is 10.1. The smallest absolute Gasteiger partial charge is 0.227 e. The van der Waals surface area contributed by atoms with E-state index in [0.717, 1.165) is 11.3 Å². The van der Waals surface area contributed by atoms with Gasteiger partial charge in [-0.25, -0.2) is 0 Å². The van der Waals surface area contributed by atoms with Crippen molar-refractivity contribution in [3.63, 3.8) is 0 Å². The quantitative estimate of drug-likeness (QED) is 0.731. The van der Waals surface area contributed by atoms with E-state index in [1.165, 1.54) is 0 Å². The highest BCUT2D eigenvalue weighted by atomic mass is 16.5. The number of aryl methyl sites for hydroxylation is 1. The molecule has 0 atom stereocenters. The molecule has 0 radical (unpaired) electrons. The number of rotatable bonds is 8. The molecule has 0 unspecified atom stereocenters. The summed E-state index contributed by atoms with van der Waals surface area (Å²) in [5, 5.41) is 6.80. The van der Waals surface area contributed by atoms with Crippen molar-refractivity contribution in [3.8, 4) is 0 Å². The fourth-order valence-electron chi connectivity index (χ4n) is 3.03. The molecule has 1 aromatic heterocycles.